The van der Waals surface area contributed by atoms with Gasteiger partial charge in [0.15, 0.2) is 0 Å². The van der Waals surface area contributed by atoms with Crippen LogP contribution in [0.2, 0.25) is 5.02 Å². The highest BCUT2D eigenvalue weighted by atomic mass is 35.5. The van der Waals surface area contributed by atoms with Crippen molar-refractivity contribution in [3.8, 4) is 5.75 Å². The highest BCUT2D eigenvalue weighted by molar-refractivity contribution is 6.33. The molecule has 2 rings (SSSR count). The second-order valence-electron chi connectivity index (χ2n) is 3.98. The summed E-state index contributed by atoms with van der Waals surface area (Å²) in [5.74, 6) is -0.365. The fourth-order valence-electron chi connectivity index (χ4n) is 1.55. The first-order valence-electron chi connectivity index (χ1n) is 5.56. The van der Waals surface area contributed by atoms with E-state index in [0.717, 1.165) is 0 Å². The van der Waals surface area contributed by atoms with E-state index in [4.69, 9.17) is 22.1 Å². The van der Waals surface area contributed by atoms with Gasteiger partial charge in [-0.1, -0.05) is 23.7 Å². The summed E-state index contributed by atoms with van der Waals surface area (Å²) in [6.07, 6.45) is 0. The van der Waals surface area contributed by atoms with Crippen LogP contribution in [0, 0.1) is 0 Å². The quantitative estimate of drug-likeness (QED) is 0.668. The van der Waals surface area contributed by atoms with Gasteiger partial charge in [0, 0.05) is 0 Å². The Balaban J connectivity index is 2.03. The minimum Gasteiger partial charge on any atom is -0.508 e. The molecule has 2 aromatic carbocycles. The van der Waals surface area contributed by atoms with E-state index in [2.05, 4.69) is 0 Å². The van der Waals surface area contributed by atoms with Crippen LogP contribution in [0.1, 0.15) is 15.9 Å². The van der Waals surface area contributed by atoms with E-state index >= 15 is 0 Å². The van der Waals surface area contributed by atoms with E-state index < -0.39 is 5.97 Å². The zero-order valence-corrected chi connectivity index (χ0v) is 10.7. The zero-order chi connectivity index (χ0) is 13.8. The van der Waals surface area contributed by atoms with Gasteiger partial charge < -0.3 is 15.6 Å². The number of phenolic OH excluding ortho intramolecular Hbond substituents is 1. The molecule has 0 fully saturated rings. The van der Waals surface area contributed by atoms with Crippen LogP contribution in [0.4, 0.5) is 5.69 Å². The van der Waals surface area contributed by atoms with Gasteiger partial charge in [-0.2, -0.15) is 0 Å². The van der Waals surface area contributed by atoms with Gasteiger partial charge in [-0.3, -0.25) is 0 Å². The average molecular weight is 278 g/mol. The van der Waals surface area contributed by atoms with Crippen LogP contribution in [0.3, 0.4) is 0 Å². The van der Waals surface area contributed by atoms with Crippen molar-refractivity contribution in [1.29, 1.82) is 0 Å². The summed E-state index contributed by atoms with van der Waals surface area (Å²) in [6.45, 7) is 0.0791. The van der Waals surface area contributed by atoms with E-state index in [9.17, 15) is 9.90 Å². The van der Waals surface area contributed by atoms with Crippen molar-refractivity contribution in [2.75, 3.05) is 5.73 Å². The number of phenols is 1. The van der Waals surface area contributed by atoms with Crippen molar-refractivity contribution in [3.05, 3.63) is 58.6 Å². The second kappa shape index (κ2) is 5.63. The van der Waals surface area contributed by atoms with Gasteiger partial charge >= 0.3 is 5.97 Å². The molecular weight excluding hydrogens is 266 g/mol. The number of carbonyl (C=O) groups excluding carboxylic acids is 1. The first-order chi connectivity index (χ1) is 9.06. The van der Waals surface area contributed by atoms with Gasteiger partial charge in [-0.25, -0.2) is 4.79 Å². The topological polar surface area (TPSA) is 72.6 Å². The number of hydrogen-bond acceptors (Lipinski definition) is 4. The SMILES string of the molecule is Nc1cc(C(=O)OCc2cccc(O)c2)ccc1Cl. The zero-order valence-electron chi connectivity index (χ0n) is 9.97. The molecule has 0 bridgehead atoms. The van der Waals surface area contributed by atoms with Gasteiger partial charge in [0.2, 0.25) is 0 Å². The molecule has 0 amide bonds. The number of carbonyl (C=O) groups is 1. The van der Waals surface area contributed by atoms with Crippen LogP contribution in [-0.2, 0) is 11.3 Å². The third-order valence-electron chi connectivity index (χ3n) is 2.51. The number of hydrogen-bond donors (Lipinski definition) is 2. The predicted octanol–water partition coefficient (Wildman–Crippen LogP) is 2.98. The highest BCUT2D eigenvalue weighted by Crippen LogP contribution is 2.20. The molecule has 0 aliphatic carbocycles. The smallest absolute Gasteiger partial charge is 0.338 e. The van der Waals surface area contributed by atoms with Gasteiger partial charge in [-0.15, -0.1) is 0 Å². The summed E-state index contributed by atoms with van der Waals surface area (Å²) in [5.41, 5.74) is 6.98. The summed E-state index contributed by atoms with van der Waals surface area (Å²) in [7, 11) is 0. The fourth-order valence-corrected chi connectivity index (χ4v) is 1.67. The molecule has 0 aliphatic rings. The molecule has 19 heavy (non-hydrogen) atoms. The van der Waals surface area contributed by atoms with Crippen molar-refractivity contribution < 1.29 is 14.6 Å². The lowest BCUT2D eigenvalue weighted by Crippen LogP contribution is -2.05. The average Bonchev–Trinajstić information content (AvgIpc) is 2.39. The van der Waals surface area contributed by atoms with Crippen LogP contribution in [-0.4, -0.2) is 11.1 Å². The number of anilines is 1. The van der Waals surface area contributed by atoms with E-state index in [1.165, 1.54) is 12.1 Å². The molecule has 0 aliphatic heterocycles. The number of halogens is 1. The van der Waals surface area contributed by atoms with Gasteiger partial charge in [-0.05, 0) is 35.9 Å². The van der Waals surface area contributed by atoms with Crippen molar-refractivity contribution >= 4 is 23.3 Å². The fraction of sp³-hybridized carbons (Fsp3) is 0.0714. The number of nitrogens with two attached hydrogens (primary N) is 1. The molecular formula is C14H12ClNO3. The van der Waals surface area contributed by atoms with E-state index in [-0.39, 0.29) is 12.4 Å². The van der Waals surface area contributed by atoms with Crippen LogP contribution in [0.5, 0.6) is 5.75 Å². The number of rotatable bonds is 3. The van der Waals surface area contributed by atoms with Crippen LogP contribution in [0.25, 0.3) is 0 Å². The largest absolute Gasteiger partial charge is 0.508 e. The van der Waals surface area contributed by atoms with E-state index in [1.807, 2.05) is 0 Å². The van der Waals surface area contributed by atoms with Crippen LogP contribution < -0.4 is 5.73 Å². The molecule has 0 saturated heterocycles. The molecule has 4 nitrogen and oxygen atoms in total. The molecule has 0 atom stereocenters. The molecule has 0 unspecified atom stereocenters. The van der Waals surface area contributed by atoms with E-state index in [0.29, 0.717) is 21.8 Å². The predicted molar refractivity (Wildman–Crippen MR) is 73.1 cm³/mol. The first kappa shape index (κ1) is 13.2. The number of esters is 1. The molecule has 0 radical (unpaired) electrons. The van der Waals surface area contributed by atoms with Crippen molar-refractivity contribution in [2.24, 2.45) is 0 Å². The highest BCUT2D eigenvalue weighted by Gasteiger charge is 2.09. The number of benzene rings is 2. The standard InChI is InChI=1S/C14H12ClNO3/c15-12-5-4-10(7-13(12)16)14(18)19-8-9-2-1-3-11(17)6-9/h1-7,17H,8,16H2. The van der Waals surface area contributed by atoms with Crippen LogP contribution in [0.15, 0.2) is 42.5 Å². The third-order valence-corrected chi connectivity index (χ3v) is 2.86. The Bertz CT molecular complexity index is 613. The Morgan fingerprint density at radius 1 is 1.26 bits per heavy atom. The van der Waals surface area contributed by atoms with Gasteiger partial charge in [0.25, 0.3) is 0 Å². The summed E-state index contributed by atoms with van der Waals surface area (Å²) in [4.78, 5) is 11.8. The van der Waals surface area contributed by atoms with Crippen molar-refractivity contribution in [1.82, 2.24) is 0 Å². The number of aromatic hydroxyl groups is 1. The molecule has 98 valence electrons. The summed E-state index contributed by atoms with van der Waals surface area (Å²) < 4.78 is 5.12. The summed E-state index contributed by atoms with van der Waals surface area (Å²) in [6, 6.07) is 11.1. The normalized spacial score (nSPS) is 10.2. The third kappa shape index (κ3) is 3.39. The van der Waals surface area contributed by atoms with Gasteiger partial charge in [0.1, 0.15) is 12.4 Å². The molecule has 0 saturated carbocycles. The monoisotopic (exact) mass is 277 g/mol. The van der Waals surface area contributed by atoms with Gasteiger partial charge in [0.05, 0.1) is 16.3 Å². The second-order valence-corrected chi connectivity index (χ2v) is 4.39. The molecule has 0 spiro atoms. The maximum atomic E-state index is 11.8. The minimum atomic E-state index is -0.494. The maximum absolute atomic E-state index is 11.8. The Labute approximate surface area is 115 Å². The Morgan fingerprint density at radius 2 is 2.05 bits per heavy atom. The maximum Gasteiger partial charge on any atom is 0.338 e. The summed E-state index contributed by atoms with van der Waals surface area (Å²) >= 11 is 5.77. The molecule has 3 N–H and O–H groups in total. The molecule has 0 heterocycles. The Morgan fingerprint density at radius 3 is 2.74 bits per heavy atom. The lowest BCUT2D eigenvalue weighted by Gasteiger charge is -2.06. The Kier molecular flexibility index (Phi) is 3.92. The minimum absolute atomic E-state index is 0.0791. The van der Waals surface area contributed by atoms with E-state index in [1.54, 1.807) is 30.3 Å². The molecule has 2 aromatic rings. The molecule has 0 aromatic heterocycles. The summed E-state index contributed by atoms with van der Waals surface area (Å²) in [5, 5.41) is 9.68. The number of ether oxygens (including phenoxy) is 1. The van der Waals surface area contributed by atoms with Crippen molar-refractivity contribution in [2.45, 2.75) is 6.61 Å². The van der Waals surface area contributed by atoms with Crippen molar-refractivity contribution in [3.63, 3.8) is 0 Å². The van der Waals surface area contributed by atoms with Crippen LogP contribution >= 0.6 is 11.6 Å². The Hall–Kier alpha value is -2.20. The molecule has 5 heteroatoms. The lowest BCUT2D eigenvalue weighted by atomic mass is 10.2. The lowest BCUT2D eigenvalue weighted by molar-refractivity contribution is 0.0472. The number of nitrogen functional groups attached to an aromatic ring is 1. The first-order valence-corrected chi connectivity index (χ1v) is 5.94.